The SMILES string of the molecule is COc1ccc(Oc2cccc(SC)c2CN)c(Br)c1. The van der Waals surface area contributed by atoms with Gasteiger partial charge in [0.2, 0.25) is 0 Å². The van der Waals surface area contributed by atoms with E-state index in [1.54, 1.807) is 18.9 Å². The molecule has 0 spiro atoms. The summed E-state index contributed by atoms with van der Waals surface area (Å²) >= 11 is 5.15. The zero-order chi connectivity index (χ0) is 14.5. The second kappa shape index (κ2) is 7.02. The molecule has 0 radical (unpaired) electrons. The molecule has 0 aromatic heterocycles. The molecular weight excluding hydrogens is 338 g/mol. The van der Waals surface area contributed by atoms with Crippen LogP contribution in [0.4, 0.5) is 0 Å². The Hall–Kier alpha value is -1.17. The largest absolute Gasteiger partial charge is 0.497 e. The molecule has 0 aliphatic rings. The van der Waals surface area contributed by atoms with Crippen LogP contribution >= 0.6 is 27.7 Å². The summed E-state index contributed by atoms with van der Waals surface area (Å²) in [7, 11) is 1.64. The Bertz CT molecular complexity index is 604. The van der Waals surface area contributed by atoms with Crippen LogP contribution in [0.2, 0.25) is 0 Å². The molecule has 2 N–H and O–H groups in total. The van der Waals surface area contributed by atoms with Crippen LogP contribution in [0.15, 0.2) is 45.8 Å². The average molecular weight is 354 g/mol. The van der Waals surface area contributed by atoms with Crippen molar-refractivity contribution in [2.24, 2.45) is 5.73 Å². The van der Waals surface area contributed by atoms with Crippen molar-refractivity contribution in [2.45, 2.75) is 11.4 Å². The van der Waals surface area contributed by atoms with Crippen LogP contribution in [0.3, 0.4) is 0 Å². The number of hydrogen-bond acceptors (Lipinski definition) is 4. The number of methoxy groups -OCH3 is 1. The fourth-order valence-electron chi connectivity index (χ4n) is 1.84. The highest BCUT2D eigenvalue weighted by Gasteiger charge is 2.10. The molecule has 0 amide bonds. The van der Waals surface area contributed by atoms with E-state index in [4.69, 9.17) is 15.2 Å². The van der Waals surface area contributed by atoms with Crippen molar-refractivity contribution in [2.75, 3.05) is 13.4 Å². The molecule has 0 heterocycles. The van der Waals surface area contributed by atoms with Gasteiger partial charge in [0.25, 0.3) is 0 Å². The van der Waals surface area contributed by atoms with Gasteiger partial charge >= 0.3 is 0 Å². The van der Waals surface area contributed by atoms with E-state index in [2.05, 4.69) is 15.9 Å². The molecule has 0 unspecified atom stereocenters. The Kier molecular flexibility index (Phi) is 5.34. The van der Waals surface area contributed by atoms with Crippen LogP contribution < -0.4 is 15.2 Å². The van der Waals surface area contributed by atoms with Crippen molar-refractivity contribution in [1.82, 2.24) is 0 Å². The van der Waals surface area contributed by atoms with Crippen LogP contribution in [-0.2, 0) is 6.54 Å². The van der Waals surface area contributed by atoms with E-state index in [1.165, 1.54) is 0 Å². The first kappa shape index (κ1) is 15.2. The highest BCUT2D eigenvalue weighted by molar-refractivity contribution is 9.10. The van der Waals surface area contributed by atoms with E-state index in [9.17, 15) is 0 Å². The van der Waals surface area contributed by atoms with E-state index in [1.807, 2.05) is 42.7 Å². The van der Waals surface area contributed by atoms with Crippen LogP contribution in [-0.4, -0.2) is 13.4 Å². The summed E-state index contributed by atoms with van der Waals surface area (Å²) in [6, 6.07) is 11.5. The van der Waals surface area contributed by atoms with Crippen molar-refractivity contribution in [3.8, 4) is 17.2 Å². The molecule has 0 aliphatic carbocycles. The number of halogens is 1. The summed E-state index contributed by atoms with van der Waals surface area (Å²) < 4.78 is 12.0. The second-order valence-electron chi connectivity index (χ2n) is 4.04. The molecule has 0 aliphatic heterocycles. The summed E-state index contributed by atoms with van der Waals surface area (Å²) in [5.41, 5.74) is 6.86. The van der Waals surface area contributed by atoms with E-state index in [0.717, 1.165) is 32.2 Å². The van der Waals surface area contributed by atoms with Gasteiger partial charge in [-0.1, -0.05) is 6.07 Å². The molecule has 106 valence electrons. The molecule has 2 aromatic carbocycles. The lowest BCUT2D eigenvalue weighted by Gasteiger charge is -2.14. The Labute approximate surface area is 131 Å². The quantitative estimate of drug-likeness (QED) is 0.807. The highest BCUT2D eigenvalue weighted by Crippen LogP contribution is 2.36. The number of rotatable bonds is 5. The molecule has 3 nitrogen and oxygen atoms in total. The first-order valence-corrected chi connectivity index (χ1v) is 8.08. The number of ether oxygens (including phenoxy) is 2. The van der Waals surface area contributed by atoms with Crippen LogP contribution in [0, 0.1) is 0 Å². The van der Waals surface area contributed by atoms with Gasteiger partial charge in [0, 0.05) is 17.0 Å². The molecule has 2 aromatic rings. The standard InChI is InChI=1S/C15H16BrNO2S/c1-18-10-6-7-14(12(16)8-10)19-13-4-3-5-15(20-2)11(13)9-17/h3-8H,9,17H2,1-2H3. The maximum absolute atomic E-state index is 5.98. The second-order valence-corrected chi connectivity index (χ2v) is 5.74. The maximum atomic E-state index is 5.98. The summed E-state index contributed by atoms with van der Waals surface area (Å²) in [6.07, 6.45) is 2.03. The van der Waals surface area contributed by atoms with Crippen LogP contribution in [0.5, 0.6) is 17.2 Å². The predicted octanol–water partition coefficient (Wildman–Crippen LogP) is 4.43. The minimum atomic E-state index is 0.445. The molecule has 0 bridgehead atoms. The molecule has 0 atom stereocenters. The molecule has 0 saturated carbocycles. The lowest BCUT2D eigenvalue weighted by atomic mass is 10.2. The van der Waals surface area contributed by atoms with Gasteiger partial charge in [-0.05, 0) is 52.5 Å². The average Bonchev–Trinajstić information content (AvgIpc) is 2.48. The van der Waals surface area contributed by atoms with Gasteiger partial charge in [-0.3, -0.25) is 0 Å². The molecule has 0 fully saturated rings. The van der Waals surface area contributed by atoms with Crippen molar-refractivity contribution in [1.29, 1.82) is 0 Å². The number of nitrogens with two attached hydrogens (primary N) is 1. The normalized spacial score (nSPS) is 10.4. The van der Waals surface area contributed by atoms with E-state index < -0.39 is 0 Å². The monoisotopic (exact) mass is 353 g/mol. The fraction of sp³-hybridized carbons (Fsp3) is 0.200. The van der Waals surface area contributed by atoms with E-state index in [0.29, 0.717) is 6.54 Å². The predicted molar refractivity (Wildman–Crippen MR) is 86.9 cm³/mol. The molecule has 0 saturated heterocycles. The van der Waals surface area contributed by atoms with E-state index in [-0.39, 0.29) is 0 Å². The van der Waals surface area contributed by atoms with Crippen molar-refractivity contribution in [3.63, 3.8) is 0 Å². The number of thioether (sulfide) groups is 1. The lowest BCUT2D eigenvalue weighted by Crippen LogP contribution is -2.01. The smallest absolute Gasteiger partial charge is 0.141 e. The highest BCUT2D eigenvalue weighted by atomic mass is 79.9. The third kappa shape index (κ3) is 3.29. The van der Waals surface area contributed by atoms with Crippen LogP contribution in [0.1, 0.15) is 5.56 Å². The third-order valence-electron chi connectivity index (χ3n) is 2.87. The van der Waals surface area contributed by atoms with Crippen molar-refractivity contribution < 1.29 is 9.47 Å². The summed E-state index contributed by atoms with van der Waals surface area (Å²) in [5, 5.41) is 0. The Morgan fingerprint density at radius 2 is 2.00 bits per heavy atom. The first-order chi connectivity index (χ1) is 9.69. The molecule has 20 heavy (non-hydrogen) atoms. The van der Waals surface area contributed by atoms with Crippen molar-refractivity contribution in [3.05, 3.63) is 46.4 Å². The van der Waals surface area contributed by atoms with Crippen LogP contribution in [0.25, 0.3) is 0 Å². The van der Waals surface area contributed by atoms with Gasteiger partial charge in [0.15, 0.2) is 0 Å². The minimum Gasteiger partial charge on any atom is -0.497 e. The summed E-state index contributed by atoms with van der Waals surface area (Å²) in [5.74, 6) is 2.30. The Morgan fingerprint density at radius 1 is 1.20 bits per heavy atom. The van der Waals surface area contributed by atoms with Gasteiger partial charge in [-0.2, -0.15) is 0 Å². The first-order valence-electron chi connectivity index (χ1n) is 6.07. The van der Waals surface area contributed by atoms with Gasteiger partial charge in [-0.15, -0.1) is 11.8 Å². The summed E-state index contributed by atoms with van der Waals surface area (Å²) in [6.45, 7) is 0.445. The zero-order valence-corrected chi connectivity index (χ0v) is 13.8. The molecule has 5 heteroatoms. The van der Waals surface area contributed by atoms with Gasteiger partial charge < -0.3 is 15.2 Å². The van der Waals surface area contributed by atoms with Gasteiger partial charge in [0.1, 0.15) is 17.2 Å². The third-order valence-corrected chi connectivity index (χ3v) is 4.32. The molecule has 2 rings (SSSR count). The van der Waals surface area contributed by atoms with E-state index >= 15 is 0 Å². The number of benzene rings is 2. The zero-order valence-electron chi connectivity index (χ0n) is 11.4. The van der Waals surface area contributed by atoms with Crippen molar-refractivity contribution >= 4 is 27.7 Å². The Morgan fingerprint density at radius 3 is 2.60 bits per heavy atom. The van der Waals surface area contributed by atoms with Gasteiger partial charge in [-0.25, -0.2) is 0 Å². The van der Waals surface area contributed by atoms with Gasteiger partial charge in [0.05, 0.1) is 11.6 Å². The number of hydrogen-bond donors (Lipinski definition) is 1. The topological polar surface area (TPSA) is 44.5 Å². The Balaban J connectivity index is 2.35. The maximum Gasteiger partial charge on any atom is 0.141 e. The summed E-state index contributed by atoms with van der Waals surface area (Å²) in [4.78, 5) is 1.13. The minimum absolute atomic E-state index is 0.445. The molecular formula is C15H16BrNO2S. The lowest BCUT2D eigenvalue weighted by molar-refractivity contribution is 0.412. The fourth-order valence-corrected chi connectivity index (χ4v) is 2.93.